The Morgan fingerprint density at radius 2 is 1.78 bits per heavy atom. The molecule has 3 rings (SSSR count). The van der Waals surface area contributed by atoms with Gasteiger partial charge in [0.15, 0.2) is 0 Å². The number of imidazole rings is 1. The molecule has 4 nitrogen and oxygen atoms in total. The zero-order valence-corrected chi connectivity index (χ0v) is 13.2. The largest absolute Gasteiger partial charge is 0.464 e. The van der Waals surface area contributed by atoms with Crippen molar-refractivity contribution in [3.05, 3.63) is 77.6 Å². The maximum absolute atomic E-state index is 12.0. The predicted molar refractivity (Wildman–Crippen MR) is 89.3 cm³/mol. The standard InChI is InChI=1S/C19H18N2O2/c1-14-8-10-16(11-9-14)18-20-12-17(19(22)23-2)21(18)13-15-6-4-3-5-7-15/h3-12H,13H2,1-2H3. The highest BCUT2D eigenvalue weighted by Crippen LogP contribution is 2.22. The number of carbonyl (C=O) groups is 1. The van der Waals surface area contributed by atoms with Crippen LogP contribution in [0.15, 0.2) is 60.8 Å². The molecular formula is C19H18N2O2. The number of rotatable bonds is 4. The Morgan fingerprint density at radius 3 is 2.43 bits per heavy atom. The molecule has 3 aromatic rings. The smallest absolute Gasteiger partial charge is 0.356 e. The third kappa shape index (κ3) is 3.16. The van der Waals surface area contributed by atoms with Gasteiger partial charge in [0, 0.05) is 12.1 Å². The van der Waals surface area contributed by atoms with Crippen molar-refractivity contribution < 1.29 is 9.53 Å². The molecular weight excluding hydrogens is 288 g/mol. The summed E-state index contributed by atoms with van der Waals surface area (Å²) in [4.78, 5) is 16.5. The van der Waals surface area contributed by atoms with E-state index in [0.717, 1.165) is 17.0 Å². The Balaban J connectivity index is 2.07. The Morgan fingerprint density at radius 1 is 1.09 bits per heavy atom. The van der Waals surface area contributed by atoms with Crippen molar-refractivity contribution in [2.45, 2.75) is 13.5 Å². The summed E-state index contributed by atoms with van der Waals surface area (Å²) in [6.45, 7) is 2.61. The molecule has 1 heterocycles. The minimum Gasteiger partial charge on any atom is -0.464 e. The highest BCUT2D eigenvalue weighted by atomic mass is 16.5. The predicted octanol–water partition coefficient (Wildman–Crippen LogP) is 3.69. The highest BCUT2D eigenvalue weighted by Gasteiger charge is 2.18. The SMILES string of the molecule is COC(=O)c1cnc(-c2ccc(C)cc2)n1Cc1ccccc1. The van der Waals surface area contributed by atoms with Gasteiger partial charge in [-0.25, -0.2) is 9.78 Å². The van der Waals surface area contributed by atoms with Crippen LogP contribution in [0.2, 0.25) is 0 Å². The van der Waals surface area contributed by atoms with Crippen LogP contribution in [0.25, 0.3) is 11.4 Å². The Hall–Kier alpha value is -2.88. The lowest BCUT2D eigenvalue weighted by atomic mass is 10.1. The number of aryl methyl sites for hydroxylation is 1. The summed E-state index contributed by atoms with van der Waals surface area (Å²) in [5.41, 5.74) is 3.71. The first-order chi connectivity index (χ1) is 11.2. The van der Waals surface area contributed by atoms with Crippen molar-refractivity contribution in [1.29, 1.82) is 0 Å². The number of esters is 1. The molecule has 1 aromatic heterocycles. The molecule has 0 atom stereocenters. The van der Waals surface area contributed by atoms with Crippen LogP contribution in [0.5, 0.6) is 0 Å². The molecule has 116 valence electrons. The number of benzene rings is 2. The molecule has 0 N–H and O–H groups in total. The van der Waals surface area contributed by atoms with Gasteiger partial charge < -0.3 is 9.30 Å². The molecule has 0 aliphatic heterocycles. The maximum atomic E-state index is 12.0. The number of nitrogens with zero attached hydrogens (tertiary/aromatic N) is 2. The number of aromatic nitrogens is 2. The summed E-state index contributed by atoms with van der Waals surface area (Å²) in [6, 6.07) is 18.1. The zero-order valence-electron chi connectivity index (χ0n) is 13.2. The summed E-state index contributed by atoms with van der Waals surface area (Å²) >= 11 is 0. The molecule has 0 fully saturated rings. The zero-order chi connectivity index (χ0) is 16.2. The van der Waals surface area contributed by atoms with E-state index in [1.165, 1.54) is 12.7 Å². The fourth-order valence-corrected chi connectivity index (χ4v) is 2.50. The van der Waals surface area contributed by atoms with E-state index < -0.39 is 0 Å². The van der Waals surface area contributed by atoms with Gasteiger partial charge in [-0.1, -0.05) is 60.2 Å². The van der Waals surface area contributed by atoms with Gasteiger partial charge >= 0.3 is 5.97 Å². The topological polar surface area (TPSA) is 44.1 Å². The molecule has 0 radical (unpaired) electrons. The second kappa shape index (κ2) is 6.48. The van der Waals surface area contributed by atoms with Crippen molar-refractivity contribution in [2.75, 3.05) is 7.11 Å². The summed E-state index contributed by atoms with van der Waals surface area (Å²) in [5.74, 6) is 0.376. The van der Waals surface area contributed by atoms with Gasteiger partial charge in [-0.15, -0.1) is 0 Å². The third-order valence-electron chi connectivity index (χ3n) is 3.74. The average Bonchev–Trinajstić information content (AvgIpc) is 2.99. The summed E-state index contributed by atoms with van der Waals surface area (Å²) in [7, 11) is 1.38. The molecule has 4 heteroatoms. The van der Waals surface area contributed by atoms with E-state index in [-0.39, 0.29) is 5.97 Å². The fourth-order valence-electron chi connectivity index (χ4n) is 2.50. The van der Waals surface area contributed by atoms with Crippen LogP contribution in [0.4, 0.5) is 0 Å². The normalized spacial score (nSPS) is 10.5. The van der Waals surface area contributed by atoms with Crippen molar-refractivity contribution in [1.82, 2.24) is 9.55 Å². The summed E-state index contributed by atoms with van der Waals surface area (Å²) < 4.78 is 6.78. The van der Waals surface area contributed by atoms with Gasteiger partial charge in [-0.05, 0) is 12.5 Å². The van der Waals surface area contributed by atoms with Crippen LogP contribution in [-0.2, 0) is 11.3 Å². The molecule has 0 saturated carbocycles. The number of hydrogen-bond acceptors (Lipinski definition) is 3. The quantitative estimate of drug-likeness (QED) is 0.690. The average molecular weight is 306 g/mol. The highest BCUT2D eigenvalue weighted by molar-refractivity contribution is 5.88. The van der Waals surface area contributed by atoms with Gasteiger partial charge in [0.05, 0.1) is 13.3 Å². The van der Waals surface area contributed by atoms with Crippen LogP contribution in [0, 0.1) is 6.92 Å². The van der Waals surface area contributed by atoms with E-state index in [1.807, 2.05) is 66.1 Å². The van der Waals surface area contributed by atoms with Gasteiger partial charge in [-0.2, -0.15) is 0 Å². The van der Waals surface area contributed by atoms with Crippen LogP contribution in [0.1, 0.15) is 21.6 Å². The lowest BCUT2D eigenvalue weighted by molar-refractivity contribution is 0.0589. The Labute approximate surface area is 135 Å². The summed E-state index contributed by atoms with van der Waals surface area (Å²) in [6.07, 6.45) is 1.57. The molecule has 2 aromatic carbocycles. The van der Waals surface area contributed by atoms with E-state index in [9.17, 15) is 4.79 Å². The van der Waals surface area contributed by atoms with Crippen LogP contribution in [0.3, 0.4) is 0 Å². The number of methoxy groups -OCH3 is 1. The lowest BCUT2D eigenvalue weighted by Gasteiger charge is -2.11. The number of ether oxygens (including phenoxy) is 1. The minimum atomic E-state index is -0.383. The molecule has 0 unspecified atom stereocenters. The van der Waals surface area contributed by atoms with Gasteiger partial charge in [-0.3, -0.25) is 0 Å². The van der Waals surface area contributed by atoms with Gasteiger partial charge in [0.1, 0.15) is 11.5 Å². The first-order valence-corrected chi connectivity index (χ1v) is 7.44. The van der Waals surface area contributed by atoms with Crippen molar-refractivity contribution in [2.24, 2.45) is 0 Å². The molecule has 0 amide bonds. The van der Waals surface area contributed by atoms with Crippen molar-refractivity contribution in [3.63, 3.8) is 0 Å². The van der Waals surface area contributed by atoms with Gasteiger partial charge in [0.2, 0.25) is 0 Å². The Kier molecular flexibility index (Phi) is 4.24. The lowest BCUT2D eigenvalue weighted by Crippen LogP contribution is -2.12. The molecule has 0 spiro atoms. The molecule has 0 bridgehead atoms. The first-order valence-electron chi connectivity index (χ1n) is 7.44. The van der Waals surface area contributed by atoms with Gasteiger partial charge in [0.25, 0.3) is 0 Å². The molecule has 0 aliphatic rings. The third-order valence-corrected chi connectivity index (χ3v) is 3.74. The van der Waals surface area contributed by atoms with Crippen LogP contribution in [-0.4, -0.2) is 22.6 Å². The van der Waals surface area contributed by atoms with E-state index in [0.29, 0.717) is 12.2 Å². The second-order valence-electron chi connectivity index (χ2n) is 5.40. The number of carbonyl (C=O) groups excluding carboxylic acids is 1. The van der Waals surface area contributed by atoms with Crippen LogP contribution < -0.4 is 0 Å². The van der Waals surface area contributed by atoms with E-state index in [2.05, 4.69) is 4.98 Å². The second-order valence-corrected chi connectivity index (χ2v) is 5.40. The first kappa shape index (κ1) is 15.0. The van der Waals surface area contributed by atoms with Crippen molar-refractivity contribution >= 4 is 5.97 Å². The van der Waals surface area contributed by atoms with E-state index >= 15 is 0 Å². The Bertz CT molecular complexity index is 805. The molecule has 0 saturated heterocycles. The van der Waals surface area contributed by atoms with E-state index in [1.54, 1.807) is 6.20 Å². The number of hydrogen-bond donors (Lipinski definition) is 0. The fraction of sp³-hybridized carbons (Fsp3) is 0.158. The summed E-state index contributed by atoms with van der Waals surface area (Å²) in [5, 5.41) is 0. The molecule has 23 heavy (non-hydrogen) atoms. The maximum Gasteiger partial charge on any atom is 0.356 e. The monoisotopic (exact) mass is 306 g/mol. The molecule has 0 aliphatic carbocycles. The van der Waals surface area contributed by atoms with Crippen LogP contribution >= 0.6 is 0 Å². The van der Waals surface area contributed by atoms with Crippen molar-refractivity contribution in [3.8, 4) is 11.4 Å². The minimum absolute atomic E-state index is 0.383. The van der Waals surface area contributed by atoms with E-state index in [4.69, 9.17) is 4.74 Å².